The SMILES string of the molecule is COC(=O)[C@@H]1C[C@@H](CC(C)=O)CN1C(=O)OC(C)(C)C. The summed E-state index contributed by atoms with van der Waals surface area (Å²) in [6.07, 6.45) is 0.247. The fourth-order valence-corrected chi connectivity index (χ4v) is 2.36. The molecule has 1 saturated heterocycles. The zero-order valence-electron chi connectivity index (χ0n) is 12.8. The molecule has 0 saturated carbocycles. The lowest BCUT2D eigenvalue weighted by atomic mass is 10.00. The van der Waals surface area contributed by atoms with Gasteiger partial charge < -0.3 is 14.3 Å². The number of hydrogen-bond donors (Lipinski definition) is 0. The maximum Gasteiger partial charge on any atom is 0.411 e. The Morgan fingerprint density at radius 3 is 2.30 bits per heavy atom. The highest BCUT2D eigenvalue weighted by Crippen LogP contribution is 2.28. The van der Waals surface area contributed by atoms with E-state index in [0.29, 0.717) is 19.4 Å². The monoisotopic (exact) mass is 285 g/mol. The van der Waals surface area contributed by atoms with E-state index in [-0.39, 0.29) is 11.7 Å². The highest BCUT2D eigenvalue weighted by Gasteiger charge is 2.42. The van der Waals surface area contributed by atoms with Gasteiger partial charge in [0.15, 0.2) is 0 Å². The molecule has 2 atom stereocenters. The molecule has 0 aliphatic carbocycles. The van der Waals surface area contributed by atoms with E-state index in [9.17, 15) is 14.4 Å². The van der Waals surface area contributed by atoms with Gasteiger partial charge in [-0.05, 0) is 40.0 Å². The lowest BCUT2D eigenvalue weighted by Crippen LogP contribution is -2.43. The molecule has 1 aliphatic heterocycles. The number of methoxy groups -OCH3 is 1. The smallest absolute Gasteiger partial charge is 0.411 e. The number of likely N-dealkylation sites (tertiary alicyclic amines) is 1. The number of amides is 1. The third-order valence-electron chi connectivity index (χ3n) is 3.07. The molecule has 0 aromatic heterocycles. The van der Waals surface area contributed by atoms with Gasteiger partial charge in [-0.2, -0.15) is 0 Å². The summed E-state index contributed by atoms with van der Waals surface area (Å²) in [5.41, 5.74) is -0.629. The van der Waals surface area contributed by atoms with Crippen molar-refractivity contribution < 1.29 is 23.9 Å². The van der Waals surface area contributed by atoms with Gasteiger partial charge in [0.05, 0.1) is 7.11 Å². The van der Waals surface area contributed by atoms with Crippen LogP contribution in [0.15, 0.2) is 0 Å². The van der Waals surface area contributed by atoms with Gasteiger partial charge in [0.2, 0.25) is 0 Å². The van der Waals surface area contributed by atoms with E-state index in [4.69, 9.17) is 9.47 Å². The number of carbonyl (C=O) groups is 3. The fourth-order valence-electron chi connectivity index (χ4n) is 2.36. The predicted octanol–water partition coefficient (Wildman–Crippen LogP) is 1.76. The molecule has 0 bridgehead atoms. The van der Waals surface area contributed by atoms with E-state index in [1.165, 1.54) is 18.9 Å². The van der Waals surface area contributed by atoms with E-state index >= 15 is 0 Å². The van der Waals surface area contributed by atoms with Crippen LogP contribution in [-0.4, -0.2) is 48.0 Å². The van der Waals surface area contributed by atoms with Gasteiger partial charge in [0, 0.05) is 13.0 Å². The number of Topliss-reactive ketones (excluding diaryl/α,β-unsaturated/α-hetero) is 1. The minimum atomic E-state index is -0.667. The Morgan fingerprint density at radius 1 is 1.25 bits per heavy atom. The van der Waals surface area contributed by atoms with Gasteiger partial charge in [-0.25, -0.2) is 9.59 Å². The van der Waals surface area contributed by atoms with E-state index < -0.39 is 23.7 Å². The van der Waals surface area contributed by atoms with Gasteiger partial charge in [-0.3, -0.25) is 4.90 Å². The predicted molar refractivity (Wildman–Crippen MR) is 72.1 cm³/mol. The lowest BCUT2D eigenvalue weighted by molar-refractivity contribution is -0.145. The number of ketones is 1. The van der Waals surface area contributed by atoms with Crippen LogP contribution in [0.2, 0.25) is 0 Å². The molecular formula is C14H23NO5. The fraction of sp³-hybridized carbons (Fsp3) is 0.786. The van der Waals surface area contributed by atoms with Gasteiger partial charge in [-0.1, -0.05) is 0 Å². The first-order chi connectivity index (χ1) is 9.14. The molecule has 6 heteroatoms. The van der Waals surface area contributed by atoms with Gasteiger partial charge in [0.1, 0.15) is 17.4 Å². The summed E-state index contributed by atoms with van der Waals surface area (Å²) in [6.45, 7) is 7.14. The van der Waals surface area contributed by atoms with Crippen molar-refractivity contribution in [3.8, 4) is 0 Å². The lowest BCUT2D eigenvalue weighted by Gasteiger charge is -2.27. The van der Waals surface area contributed by atoms with E-state index in [0.717, 1.165) is 0 Å². The normalized spacial score (nSPS) is 22.6. The zero-order chi connectivity index (χ0) is 15.5. The van der Waals surface area contributed by atoms with Crippen LogP contribution < -0.4 is 0 Å². The molecular weight excluding hydrogens is 262 g/mol. The van der Waals surface area contributed by atoms with Crippen molar-refractivity contribution in [1.82, 2.24) is 4.90 Å². The third-order valence-corrected chi connectivity index (χ3v) is 3.07. The second kappa shape index (κ2) is 6.24. The van der Waals surface area contributed by atoms with Crippen LogP contribution in [0.5, 0.6) is 0 Å². The van der Waals surface area contributed by atoms with Gasteiger partial charge in [-0.15, -0.1) is 0 Å². The quantitative estimate of drug-likeness (QED) is 0.739. The van der Waals surface area contributed by atoms with Crippen LogP contribution in [0.25, 0.3) is 0 Å². The minimum absolute atomic E-state index is 0.0240. The van der Waals surface area contributed by atoms with Crippen LogP contribution in [0, 0.1) is 5.92 Å². The Hall–Kier alpha value is -1.59. The third kappa shape index (κ3) is 4.51. The van der Waals surface area contributed by atoms with Crippen LogP contribution in [0.1, 0.15) is 40.5 Å². The molecule has 0 radical (unpaired) electrons. The molecule has 1 fully saturated rings. The highest BCUT2D eigenvalue weighted by atomic mass is 16.6. The molecule has 1 aliphatic rings. The zero-order valence-corrected chi connectivity index (χ0v) is 12.8. The van der Waals surface area contributed by atoms with Crippen molar-refractivity contribution in [2.24, 2.45) is 5.92 Å². The van der Waals surface area contributed by atoms with Crippen LogP contribution in [0.4, 0.5) is 4.79 Å². The van der Waals surface area contributed by atoms with Crippen molar-refractivity contribution in [2.75, 3.05) is 13.7 Å². The summed E-state index contributed by atoms with van der Waals surface area (Å²) < 4.78 is 10.0. The summed E-state index contributed by atoms with van der Waals surface area (Å²) in [5.74, 6) is -0.448. The molecule has 1 amide bonds. The number of ether oxygens (including phenoxy) is 2. The summed E-state index contributed by atoms with van der Waals surface area (Å²) in [4.78, 5) is 36.5. The maximum absolute atomic E-state index is 12.1. The molecule has 0 spiro atoms. The maximum atomic E-state index is 12.1. The number of esters is 1. The van der Waals surface area contributed by atoms with E-state index in [2.05, 4.69) is 0 Å². The first-order valence-electron chi connectivity index (χ1n) is 6.71. The Labute approximate surface area is 119 Å². The molecule has 0 unspecified atom stereocenters. The number of carbonyl (C=O) groups excluding carboxylic acids is 3. The topological polar surface area (TPSA) is 72.9 Å². The molecule has 6 nitrogen and oxygen atoms in total. The summed E-state index contributed by atoms with van der Waals surface area (Å²) >= 11 is 0. The highest BCUT2D eigenvalue weighted by molar-refractivity contribution is 5.83. The average Bonchev–Trinajstić information content (AvgIpc) is 2.68. The number of hydrogen-bond acceptors (Lipinski definition) is 5. The standard InChI is InChI=1S/C14H23NO5/c1-9(16)6-10-7-11(12(17)19-5)15(8-10)13(18)20-14(2,3)4/h10-11H,6-8H2,1-5H3/t10-,11+/m1/s1. The Bertz CT molecular complexity index is 399. The second-order valence-corrected chi connectivity index (χ2v) is 6.18. The van der Waals surface area contributed by atoms with Crippen molar-refractivity contribution in [3.05, 3.63) is 0 Å². The van der Waals surface area contributed by atoms with E-state index in [1.54, 1.807) is 20.8 Å². The largest absolute Gasteiger partial charge is 0.467 e. The van der Waals surface area contributed by atoms with Crippen molar-refractivity contribution >= 4 is 17.8 Å². The van der Waals surface area contributed by atoms with Gasteiger partial charge >= 0.3 is 12.1 Å². The molecule has 1 rings (SSSR count). The molecule has 20 heavy (non-hydrogen) atoms. The summed E-state index contributed by atoms with van der Waals surface area (Å²) in [7, 11) is 1.29. The Balaban J connectivity index is 2.81. The van der Waals surface area contributed by atoms with Crippen LogP contribution in [0.3, 0.4) is 0 Å². The van der Waals surface area contributed by atoms with Crippen LogP contribution >= 0.6 is 0 Å². The Morgan fingerprint density at radius 2 is 1.85 bits per heavy atom. The number of nitrogens with zero attached hydrogens (tertiary/aromatic N) is 1. The van der Waals surface area contributed by atoms with Crippen LogP contribution in [-0.2, 0) is 19.1 Å². The Kier molecular flexibility index (Phi) is 5.14. The average molecular weight is 285 g/mol. The molecule has 0 aromatic carbocycles. The van der Waals surface area contributed by atoms with Crippen molar-refractivity contribution in [1.29, 1.82) is 0 Å². The minimum Gasteiger partial charge on any atom is -0.467 e. The van der Waals surface area contributed by atoms with Gasteiger partial charge in [0.25, 0.3) is 0 Å². The first kappa shape index (κ1) is 16.5. The van der Waals surface area contributed by atoms with Crippen molar-refractivity contribution in [3.63, 3.8) is 0 Å². The summed E-state index contributed by atoms with van der Waals surface area (Å²) in [5, 5.41) is 0. The second-order valence-electron chi connectivity index (χ2n) is 6.18. The molecule has 0 N–H and O–H groups in total. The molecule has 1 heterocycles. The first-order valence-corrected chi connectivity index (χ1v) is 6.71. The van der Waals surface area contributed by atoms with E-state index in [1.807, 2.05) is 0 Å². The number of rotatable bonds is 3. The molecule has 114 valence electrons. The molecule has 0 aromatic rings. The van der Waals surface area contributed by atoms with Crippen molar-refractivity contribution in [2.45, 2.75) is 52.2 Å². The summed E-state index contributed by atoms with van der Waals surface area (Å²) in [6, 6.07) is -0.667.